The van der Waals surface area contributed by atoms with Crippen LogP contribution in [-0.4, -0.2) is 23.1 Å². The van der Waals surface area contributed by atoms with E-state index in [2.05, 4.69) is 10.3 Å². The summed E-state index contributed by atoms with van der Waals surface area (Å²) in [6.45, 7) is 0. The van der Waals surface area contributed by atoms with Gasteiger partial charge in [0.15, 0.2) is 0 Å². The average Bonchev–Trinajstić information content (AvgIpc) is 2.39. The lowest BCUT2D eigenvalue weighted by atomic mass is 9.85. The molecular formula is C13H16F3N3O. The number of hydrogen-bond donors (Lipinski definition) is 2. The molecule has 1 heterocycles. The van der Waals surface area contributed by atoms with E-state index in [-0.39, 0.29) is 30.5 Å². The van der Waals surface area contributed by atoms with E-state index >= 15 is 0 Å². The number of carbonyl (C=O) groups is 1. The molecule has 110 valence electrons. The molecule has 7 heteroatoms. The van der Waals surface area contributed by atoms with Crippen molar-refractivity contribution >= 4 is 11.6 Å². The zero-order valence-electron chi connectivity index (χ0n) is 10.8. The number of aromatic nitrogens is 1. The Balaban J connectivity index is 1.86. The molecule has 0 radical (unpaired) electrons. The van der Waals surface area contributed by atoms with E-state index in [1.165, 1.54) is 12.3 Å². The second kappa shape index (κ2) is 5.68. The van der Waals surface area contributed by atoms with Gasteiger partial charge in [-0.3, -0.25) is 4.79 Å². The summed E-state index contributed by atoms with van der Waals surface area (Å²) in [6, 6.07) is 2.83. The number of hydrogen-bond acceptors (Lipinski definition) is 3. The molecule has 20 heavy (non-hydrogen) atoms. The van der Waals surface area contributed by atoms with E-state index in [0.29, 0.717) is 18.5 Å². The molecule has 1 fully saturated rings. The van der Waals surface area contributed by atoms with Gasteiger partial charge in [0, 0.05) is 6.04 Å². The topological polar surface area (TPSA) is 68.0 Å². The molecule has 0 aliphatic heterocycles. The summed E-state index contributed by atoms with van der Waals surface area (Å²) in [4.78, 5) is 15.7. The highest BCUT2D eigenvalue weighted by molar-refractivity contribution is 5.92. The highest BCUT2D eigenvalue weighted by atomic mass is 19.4. The van der Waals surface area contributed by atoms with Crippen LogP contribution in [0.3, 0.4) is 0 Å². The summed E-state index contributed by atoms with van der Waals surface area (Å²) in [7, 11) is 0. The normalized spacial score (nSPS) is 23.4. The van der Waals surface area contributed by atoms with Crippen LogP contribution in [0, 0.1) is 5.92 Å². The molecule has 1 saturated carbocycles. The largest absolute Gasteiger partial charge is 0.397 e. The molecule has 1 aromatic rings. The van der Waals surface area contributed by atoms with Crippen molar-refractivity contribution in [3.63, 3.8) is 0 Å². The Morgan fingerprint density at radius 3 is 2.40 bits per heavy atom. The third-order valence-corrected chi connectivity index (χ3v) is 3.54. The molecule has 0 atom stereocenters. The zero-order valence-corrected chi connectivity index (χ0v) is 10.8. The van der Waals surface area contributed by atoms with Gasteiger partial charge in [0.25, 0.3) is 5.91 Å². The number of nitrogen functional groups attached to an aromatic ring is 1. The van der Waals surface area contributed by atoms with Crippen molar-refractivity contribution in [2.45, 2.75) is 37.9 Å². The van der Waals surface area contributed by atoms with Crippen LogP contribution in [0.5, 0.6) is 0 Å². The Kier molecular flexibility index (Phi) is 4.15. The highest BCUT2D eigenvalue weighted by Gasteiger charge is 2.41. The molecule has 0 saturated heterocycles. The summed E-state index contributed by atoms with van der Waals surface area (Å²) in [5, 5.41) is 2.72. The summed E-state index contributed by atoms with van der Waals surface area (Å²) in [5.41, 5.74) is 6.14. The molecule has 1 aromatic heterocycles. The van der Waals surface area contributed by atoms with Crippen molar-refractivity contribution in [2.75, 3.05) is 5.73 Å². The maximum atomic E-state index is 12.5. The SMILES string of the molecule is Nc1ccc(C(=O)NC2CCC(C(F)(F)F)CC2)nc1. The van der Waals surface area contributed by atoms with Gasteiger partial charge in [-0.05, 0) is 37.8 Å². The van der Waals surface area contributed by atoms with E-state index in [4.69, 9.17) is 5.73 Å². The Morgan fingerprint density at radius 1 is 1.25 bits per heavy atom. The molecule has 3 N–H and O–H groups in total. The smallest absolute Gasteiger partial charge is 0.391 e. The fourth-order valence-corrected chi connectivity index (χ4v) is 2.36. The number of pyridine rings is 1. The summed E-state index contributed by atoms with van der Waals surface area (Å²) in [5.74, 6) is -1.62. The summed E-state index contributed by atoms with van der Waals surface area (Å²) >= 11 is 0. The highest BCUT2D eigenvalue weighted by Crippen LogP contribution is 2.37. The number of rotatable bonds is 2. The minimum Gasteiger partial charge on any atom is -0.397 e. The van der Waals surface area contributed by atoms with Crippen LogP contribution >= 0.6 is 0 Å². The lowest BCUT2D eigenvalue weighted by molar-refractivity contribution is -0.182. The van der Waals surface area contributed by atoms with Crippen molar-refractivity contribution in [3.05, 3.63) is 24.0 Å². The Hall–Kier alpha value is -1.79. The first-order chi connectivity index (χ1) is 9.36. The summed E-state index contributed by atoms with van der Waals surface area (Å²) in [6.07, 6.45) is -1.97. The number of halogens is 3. The number of nitrogens with two attached hydrogens (primary N) is 1. The summed E-state index contributed by atoms with van der Waals surface area (Å²) < 4.78 is 37.6. The standard InChI is InChI=1S/C13H16F3N3O/c14-13(15,16)8-1-4-10(5-2-8)19-12(20)11-6-3-9(17)7-18-11/h3,6-8,10H,1-2,4-5,17H2,(H,19,20). The van der Waals surface area contributed by atoms with Crippen molar-refractivity contribution in [1.82, 2.24) is 10.3 Å². The van der Waals surface area contributed by atoms with E-state index in [1.807, 2.05) is 0 Å². The second-order valence-corrected chi connectivity index (χ2v) is 5.04. The maximum absolute atomic E-state index is 12.5. The second-order valence-electron chi connectivity index (χ2n) is 5.04. The number of carbonyl (C=O) groups excluding carboxylic acids is 1. The molecular weight excluding hydrogens is 271 g/mol. The van der Waals surface area contributed by atoms with E-state index in [0.717, 1.165) is 0 Å². The molecule has 4 nitrogen and oxygen atoms in total. The predicted molar refractivity (Wildman–Crippen MR) is 67.9 cm³/mol. The Bertz CT molecular complexity index is 465. The van der Waals surface area contributed by atoms with Crippen molar-refractivity contribution in [3.8, 4) is 0 Å². The molecule has 1 aliphatic carbocycles. The van der Waals surface area contributed by atoms with Gasteiger partial charge in [0.1, 0.15) is 5.69 Å². The van der Waals surface area contributed by atoms with Gasteiger partial charge in [-0.25, -0.2) is 4.98 Å². The van der Waals surface area contributed by atoms with Crippen molar-refractivity contribution in [1.29, 1.82) is 0 Å². The lowest BCUT2D eigenvalue weighted by Gasteiger charge is -2.30. The molecule has 0 bridgehead atoms. The van der Waals surface area contributed by atoms with Crippen LogP contribution in [0.4, 0.5) is 18.9 Å². The van der Waals surface area contributed by atoms with E-state index in [1.54, 1.807) is 6.07 Å². The predicted octanol–water partition coefficient (Wildman–Crippen LogP) is 2.51. The van der Waals surface area contributed by atoms with Gasteiger partial charge in [-0.1, -0.05) is 0 Å². The van der Waals surface area contributed by atoms with Gasteiger partial charge in [0.05, 0.1) is 17.8 Å². The number of nitrogens with one attached hydrogen (secondary N) is 1. The van der Waals surface area contributed by atoms with Crippen LogP contribution in [0.2, 0.25) is 0 Å². The van der Waals surface area contributed by atoms with Crippen LogP contribution in [0.1, 0.15) is 36.2 Å². The molecule has 1 aliphatic rings. The van der Waals surface area contributed by atoms with Gasteiger partial charge in [-0.15, -0.1) is 0 Å². The zero-order chi connectivity index (χ0) is 14.8. The van der Waals surface area contributed by atoms with Crippen LogP contribution < -0.4 is 11.1 Å². The number of amides is 1. The van der Waals surface area contributed by atoms with Gasteiger partial charge < -0.3 is 11.1 Å². The fraction of sp³-hybridized carbons (Fsp3) is 0.538. The number of alkyl halides is 3. The first-order valence-electron chi connectivity index (χ1n) is 6.45. The lowest BCUT2D eigenvalue weighted by Crippen LogP contribution is -2.40. The Morgan fingerprint density at radius 2 is 1.90 bits per heavy atom. The number of anilines is 1. The third kappa shape index (κ3) is 3.61. The van der Waals surface area contributed by atoms with Crippen molar-refractivity contribution in [2.24, 2.45) is 5.92 Å². The minimum atomic E-state index is -4.13. The van der Waals surface area contributed by atoms with Crippen LogP contribution in [0.25, 0.3) is 0 Å². The van der Waals surface area contributed by atoms with Crippen LogP contribution in [0.15, 0.2) is 18.3 Å². The molecule has 0 aromatic carbocycles. The van der Waals surface area contributed by atoms with E-state index < -0.39 is 12.1 Å². The third-order valence-electron chi connectivity index (χ3n) is 3.54. The molecule has 0 unspecified atom stereocenters. The fourth-order valence-electron chi connectivity index (χ4n) is 2.36. The van der Waals surface area contributed by atoms with Crippen LogP contribution in [-0.2, 0) is 0 Å². The minimum absolute atomic E-state index is 0.0591. The Labute approximate surface area is 114 Å². The van der Waals surface area contributed by atoms with Gasteiger partial charge in [0.2, 0.25) is 0 Å². The quantitative estimate of drug-likeness (QED) is 0.878. The first-order valence-corrected chi connectivity index (χ1v) is 6.45. The maximum Gasteiger partial charge on any atom is 0.391 e. The average molecular weight is 287 g/mol. The van der Waals surface area contributed by atoms with E-state index in [9.17, 15) is 18.0 Å². The molecule has 0 spiro atoms. The van der Waals surface area contributed by atoms with Gasteiger partial charge >= 0.3 is 6.18 Å². The monoisotopic (exact) mass is 287 g/mol. The van der Waals surface area contributed by atoms with Gasteiger partial charge in [-0.2, -0.15) is 13.2 Å². The number of nitrogens with zero attached hydrogens (tertiary/aromatic N) is 1. The molecule has 1 amide bonds. The first kappa shape index (κ1) is 14.6. The molecule has 2 rings (SSSR count). The van der Waals surface area contributed by atoms with Crippen molar-refractivity contribution < 1.29 is 18.0 Å².